The van der Waals surface area contributed by atoms with E-state index in [0.717, 1.165) is 11.1 Å². The van der Waals surface area contributed by atoms with Gasteiger partial charge in [0.25, 0.3) is 5.91 Å². The van der Waals surface area contributed by atoms with Crippen molar-refractivity contribution in [2.24, 2.45) is 5.92 Å². The van der Waals surface area contributed by atoms with Crippen molar-refractivity contribution in [2.45, 2.75) is 38.3 Å². The molecule has 0 heterocycles. The summed E-state index contributed by atoms with van der Waals surface area (Å²) in [6.07, 6.45) is 0. The van der Waals surface area contributed by atoms with Crippen molar-refractivity contribution in [3.63, 3.8) is 0 Å². The molecule has 29 heavy (non-hydrogen) atoms. The Labute approximate surface area is 172 Å². The lowest BCUT2D eigenvalue weighted by molar-refractivity contribution is -0.124. The molecule has 0 spiro atoms. The van der Waals surface area contributed by atoms with E-state index < -0.39 is 16.1 Å². The molecule has 1 atom stereocenters. The van der Waals surface area contributed by atoms with Crippen LogP contribution in [0.25, 0.3) is 0 Å². The van der Waals surface area contributed by atoms with Gasteiger partial charge in [0.2, 0.25) is 15.9 Å². The largest absolute Gasteiger partial charge is 0.350 e. The number of carbonyl (C=O) groups excluding carboxylic acids is 2. The van der Waals surface area contributed by atoms with Crippen LogP contribution < -0.4 is 15.4 Å². The zero-order valence-electron chi connectivity index (χ0n) is 17.0. The Balaban J connectivity index is 2.00. The molecule has 156 valence electrons. The van der Waals surface area contributed by atoms with Crippen LogP contribution in [0.1, 0.15) is 35.3 Å². The fraction of sp³-hybridized carbons (Fsp3) is 0.333. The molecule has 7 nitrogen and oxygen atoms in total. The molecule has 2 rings (SSSR count). The molecule has 0 aromatic heterocycles. The molecule has 0 aliphatic carbocycles. The third kappa shape index (κ3) is 6.13. The van der Waals surface area contributed by atoms with Gasteiger partial charge in [-0.05, 0) is 49.7 Å². The smallest absolute Gasteiger partial charge is 0.251 e. The summed E-state index contributed by atoms with van der Waals surface area (Å²) in [4.78, 5) is 25.2. The lowest BCUT2D eigenvalue weighted by Gasteiger charge is -2.22. The number of nitrogens with one attached hydrogen (secondary N) is 3. The first-order chi connectivity index (χ1) is 13.6. The molecule has 2 aromatic rings. The molecule has 2 amide bonds. The highest BCUT2D eigenvalue weighted by Crippen LogP contribution is 2.11. The Morgan fingerprint density at radius 2 is 1.55 bits per heavy atom. The fourth-order valence-electron chi connectivity index (χ4n) is 2.67. The summed E-state index contributed by atoms with van der Waals surface area (Å²) < 4.78 is 25.8. The lowest BCUT2D eigenvalue weighted by atomic mass is 10.0. The van der Waals surface area contributed by atoms with Crippen LogP contribution >= 0.6 is 0 Å². The molecule has 0 aliphatic heterocycles. The predicted octanol–water partition coefficient (Wildman–Crippen LogP) is 1.97. The van der Waals surface area contributed by atoms with Crippen LogP contribution in [0.5, 0.6) is 0 Å². The summed E-state index contributed by atoms with van der Waals surface area (Å²) in [6, 6.07) is 12.7. The molecular weight excluding hydrogens is 390 g/mol. The summed E-state index contributed by atoms with van der Waals surface area (Å²) in [5.41, 5.74) is 2.30. The van der Waals surface area contributed by atoms with Gasteiger partial charge >= 0.3 is 0 Å². The van der Waals surface area contributed by atoms with Crippen LogP contribution in [0.15, 0.2) is 53.4 Å². The summed E-state index contributed by atoms with van der Waals surface area (Å²) >= 11 is 0. The van der Waals surface area contributed by atoms with E-state index >= 15 is 0 Å². The molecule has 0 saturated heterocycles. The highest BCUT2D eigenvalue weighted by atomic mass is 32.2. The Hall–Kier alpha value is -2.71. The van der Waals surface area contributed by atoms with E-state index in [2.05, 4.69) is 15.4 Å². The Morgan fingerprint density at radius 3 is 2.07 bits per heavy atom. The van der Waals surface area contributed by atoms with Crippen LogP contribution in [0.2, 0.25) is 0 Å². The first-order valence-corrected chi connectivity index (χ1v) is 10.8. The van der Waals surface area contributed by atoms with Gasteiger partial charge < -0.3 is 10.6 Å². The van der Waals surface area contributed by atoms with E-state index in [1.165, 1.54) is 19.2 Å². The van der Waals surface area contributed by atoms with Crippen LogP contribution in [-0.4, -0.2) is 33.3 Å². The monoisotopic (exact) mass is 417 g/mol. The first-order valence-electron chi connectivity index (χ1n) is 9.32. The fourth-order valence-corrected chi connectivity index (χ4v) is 3.40. The number of amides is 2. The van der Waals surface area contributed by atoms with Gasteiger partial charge in [-0.15, -0.1) is 0 Å². The maximum atomic E-state index is 12.6. The highest BCUT2D eigenvalue weighted by molar-refractivity contribution is 7.89. The van der Waals surface area contributed by atoms with E-state index in [4.69, 9.17) is 0 Å². The lowest BCUT2D eigenvalue weighted by Crippen LogP contribution is -2.49. The molecular formula is C21H27N3O4S. The quantitative estimate of drug-likeness (QED) is 0.611. The third-order valence-corrected chi connectivity index (χ3v) is 5.95. The molecule has 0 fully saturated rings. The summed E-state index contributed by atoms with van der Waals surface area (Å²) in [7, 11) is -2.15. The zero-order chi connectivity index (χ0) is 21.6. The van der Waals surface area contributed by atoms with E-state index in [9.17, 15) is 18.0 Å². The number of benzene rings is 2. The summed E-state index contributed by atoms with van der Waals surface area (Å²) in [6.45, 7) is 5.88. The van der Waals surface area contributed by atoms with Gasteiger partial charge in [-0.1, -0.05) is 43.7 Å². The maximum absolute atomic E-state index is 12.6. The minimum Gasteiger partial charge on any atom is -0.350 e. The van der Waals surface area contributed by atoms with Crippen LogP contribution in [0, 0.1) is 12.8 Å². The second kappa shape index (κ2) is 9.67. The van der Waals surface area contributed by atoms with Gasteiger partial charge in [-0.25, -0.2) is 13.1 Å². The van der Waals surface area contributed by atoms with E-state index in [1.54, 1.807) is 24.3 Å². The Kier molecular flexibility index (Phi) is 7.53. The molecule has 3 N–H and O–H groups in total. The van der Waals surface area contributed by atoms with Gasteiger partial charge in [0.05, 0.1) is 4.90 Å². The predicted molar refractivity (Wildman–Crippen MR) is 112 cm³/mol. The maximum Gasteiger partial charge on any atom is 0.251 e. The molecule has 0 radical (unpaired) electrons. The van der Waals surface area contributed by atoms with Gasteiger partial charge in [0, 0.05) is 12.1 Å². The summed E-state index contributed by atoms with van der Waals surface area (Å²) in [5.74, 6) is -0.708. The number of sulfonamides is 1. The van der Waals surface area contributed by atoms with Gasteiger partial charge in [0.1, 0.15) is 6.04 Å². The minimum atomic E-state index is -3.50. The second-order valence-electron chi connectivity index (χ2n) is 7.13. The zero-order valence-corrected chi connectivity index (χ0v) is 17.8. The van der Waals surface area contributed by atoms with Crippen molar-refractivity contribution in [3.8, 4) is 0 Å². The van der Waals surface area contributed by atoms with Crippen molar-refractivity contribution in [3.05, 3.63) is 65.2 Å². The van der Waals surface area contributed by atoms with Crippen LogP contribution in [0.4, 0.5) is 0 Å². The van der Waals surface area contributed by atoms with E-state index in [-0.39, 0.29) is 29.2 Å². The van der Waals surface area contributed by atoms with Gasteiger partial charge in [-0.2, -0.15) is 0 Å². The summed E-state index contributed by atoms with van der Waals surface area (Å²) in [5, 5.41) is 5.59. The number of hydrogen-bond donors (Lipinski definition) is 3. The number of carbonyl (C=O) groups is 2. The average molecular weight is 418 g/mol. The molecule has 0 saturated carbocycles. The molecule has 0 aliphatic rings. The molecule has 1 unspecified atom stereocenters. The van der Waals surface area contributed by atoms with Gasteiger partial charge in [0.15, 0.2) is 0 Å². The van der Waals surface area contributed by atoms with Gasteiger partial charge in [-0.3, -0.25) is 9.59 Å². The molecule has 2 aromatic carbocycles. The van der Waals surface area contributed by atoms with Crippen molar-refractivity contribution < 1.29 is 18.0 Å². The Morgan fingerprint density at radius 1 is 0.966 bits per heavy atom. The number of rotatable bonds is 8. The number of aryl methyl sites for hydroxylation is 1. The van der Waals surface area contributed by atoms with E-state index in [1.807, 2.05) is 32.9 Å². The van der Waals surface area contributed by atoms with E-state index in [0.29, 0.717) is 5.56 Å². The topological polar surface area (TPSA) is 104 Å². The van der Waals surface area contributed by atoms with Crippen LogP contribution in [0.3, 0.4) is 0 Å². The molecule has 0 bridgehead atoms. The first kappa shape index (κ1) is 22.6. The normalized spacial score (nSPS) is 12.4. The van der Waals surface area contributed by atoms with Crippen molar-refractivity contribution in [2.75, 3.05) is 7.05 Å². The standard InChI is InChI=1S/C21H27N3O4S/c1-14(2)19(24-20(25)17-9-5-15(3)6-10-17)21(26)23-13-16-7-11-18(12-8-16)29(27,28)22-4/h5-12,14,19,22H,13H2,1-4H3,(H,23,26)(H,24,25). The second-order valence-corrected chi connectivity index (χ2v) is 9.02. The highest BCUT2D eigenvalue weighted by Gasteiger charge is 2.24. The SMILES string of the molecule is CNS(=O)(=O)c1ccc(CNC(=O)C(NC(=O)c2ccc(C)cc2)C(C)C)cc1. The number of hydrogen-bond acceptors (Lipinski definition) is 4. The van der Waals surface area contributed by atoms with Crippen molar-refractivity contribution in [1.82, 2.24) is 15.4 Å². The minimum absolute atomic E-state index is 0.104. The molecule has 8 heteroatoms. The van der Waals surface area contributed by atoms with Crippen molar-refractivity contribution in [1.29, 1.82) is 0 Å². The Bertz CT molecular complexity index is 952. The third-order valence-electron chi connectivity index (χ3n) is 4.52. The van der Waals surface area contributed by atoms with Crippen LogP contribution in [-0.2, 0) is 21.4 Å². The average Bonchev–Trinajstić information content (AvgIpc) is 2.70. The van der Waals surface area contributed by atoms with Crippen molar-refractivity contribution >= 4 is 21.8 Å².